The molecule has 0 atom stereocenters. The minimum absolute atomic E-state index is 0.146. The van der Waals surface area contributed by atoms with E-state index in [1.165, 1.54) is 11.3 Å². The molecule has 6 nitrogen and oxygen atoms in total. The van der Waals surface area contributed by atoms with Gasteiger partial charge in [-0.3, -0.25) is 9.48 Å². The molecule has 1 saturated heterocycles. The molecule has 23 heavy (non-hydrogen) atoms. The van der Waals surface area contributed by atoms with Gasteiger partial charge >= 0.3 is 0 Å². The van der Waals surface area contributed by atoms with Crippen LogP contribution in [-0.2, 0) is 26.9 Å². The summed E-state index contributed by atoms with van der Waals surface area (Å²) in [6.07, 6.45) is 4.06. The number of aromatic nitrogens is 3. The van der Waals surface area contributed by atoms with Crippen molar-refractivity contribution < 1.29 is 4.79 Å². The van der Waals surface area contributed by atoms with Crippen molar-refractivity contribution in [1.82, 2.24) is 24.1 Å². The first kappa shape index (κ1) is 14.5. The number of carbonyl (C=O) groups excluding carboxylic acids is 1. The normalized spacial score (nSPS) is 18.0. The van der Waals surface area contributed by atoms with E-state index in [0.29, 0.717) is 0 Å². The van der Waals surface area contributed by atoms with Gasteiger partial charge in [-0.2, -0.15) is 5.10 Å². The Bertz CT molecular complexity index is 764. The minimum Gasteiger partial charge on any atom is -0.343 e. The Morgan fingerprint density at radius 1 is 1.09 bits per heavy atom. The number of piperazine rings is 1. The molecule has 1 aliphatic carbocycles. The molecule has 1 fully saturated rings. The zero-order valence-electron chi connectivity index (χ0n) is 14.0. The van der Waals surface area contributed by atoms with Gasteiger partial charge in [0.2, 0.25) is 0 Å². The summed E-state index contributed by atoms with van der Waals surface area (Å²) < 4.78 is 3.95. The van der Waals surface area contributed by atoms with E-state index >= 15 is 0 Å². The molecular weight excluding hydrogens is 290 g/mol. The van der Waals surface area contributed by atoms with Gasteiger partial charge in [0.15, 0.2) is 0 Å². The van der Waals surface area contributed by atoms with E-state index in [1.807, 2.05) is 29.7 Å². The molecule has 1 aliphatic heterocycles. The Kier molecular flexibility index (Phi) is 3.30. The zero-order valence-corrected chi connectivity index (χ0v) is 14.0. The van der Waals surface area contributed by atoms with Gasteiger partial charge in [-0.1, -0.05) is 0 Å². The van der Waals surface area contributed by atoms with Crippen LogP contribution in [0.3, 0.4) is 0 Å². The Morgan fingerprint density at radius 3 is 2.57 bits per heavy atom. The highest BCUT2D eigenvalue weighted by molar-refractivity contribution is 5.95. The maximum absolute atomic E-state index is 12.9. The maximum Gasteiger partial charge on any atom is 0.270 e. The molecule has 122 valence electrons. The van der Waals surface area contributed by atoms with Gasteiger partial charge in [0.25, 0.3) is 5.91 Å². The lowest BCUT2D eigenvalue weighted by Crippen LogP contribution is -2.47. The third-order valence-electron chi connectivity index (χ3n) is 5.16. The second-order valence-electron chi connectivity index (χ2n) is 6.72. The van der Waals surface area contributed by atoms with Crippen LogP contribution in [0.15, 0.2) is 12.3 Å². The lowest BCUT2D eigenvalue weighted by molar-refractivity contribution is 0.0654. The van der Waals surface area contributed by atoms with Crippen molar-refractivity contribution in [2.45, 2.75) is 12.8 Å². The number of amides is 1. The van der Waals surface area contributed by atoms with Gasteiger partial charge in [0, 0.05) is 57.7 Å². The first-order valence-electron chi connectivity index (χ1n) is 8.24. The molecule has 0 bridgehead atoms. The molecule has 3 heterocycles. The zero-order chi connectivity index (χ0) is 16.1. The molecule has 0 unspecified atom stereocenters. The van der Waals surface area contributed by atoms with E-state index in [1.54, 1.807) is 0 Å². The van der Waals surface area contributed by atoms with Crippen molar-refractivity contribution in [2.75, 3.05) is 33.2 Å². The van der Waals surface area contributed by atoms with Crippen LogP contribution in [0.4, 0.5) is 0 Å². The van der Waals surface area contributed by atoms with Crippen LogP contribution >= 0.6 is 0 Å². The van der Waals surface area contributed by atoms with E-state index in [2.05, 4.69) is 27.8 Å². The standard InChI is InChI=1S/C17H23N5O/c1-19-6-8-22(9-7-19)17(23)15-10-13-14(21(15)3)5-4-12-11-20(2)18-16(12)13/h10-11H,4-9H2,1-3H3. The third-order valence-corrected chi connectivity index (χ3v) is 5.16. The molecule has 0 aromatic carbocycles. The molecule has 0 radical (unpaired) electrons. The summed E-state index contributed by atoms with van der Waals surface area (Å²) >= 11 is 0. The Balaban J connectivity index is 1.69. The van der Waals surface area contributed by atoms with Gasteiger partial charge in [-0.25, -0.2) is 0 Å². The van der Waals surface area contributed by atoms with Gasteiger partial charge < -0.3 is 14.4 Å². The first-order chi connectivity index (χ1) is 11.0. The van der Waals surface area contributed by atoms with Crippen molar-refractivity contribution >= 4 is 5.91 Å². The van der Waals surface area contributed by atoms with E-state index in [-0.39, 0.29) is 5.91 Å². The first-order valence-corrected chi connectivity index (χ1v) is 8.24. The number of hydrogen-bond acceptors (Lipinski definition) is 3. The molecule has 1 amide bonds. The van der Waals surface area contributed by atoms with E-state index < -0.39 is 0 Å². The summed E-state index contributed by atoms with van der Waals surface area (Å²) in [5.74, 6) is 0.146. The second kappa shape index (κ2) is 5.23. The van der Waals surface area contributed by atoms with Gasteiger partial charge in [0.1, 0.15) is 5.69 Å². The summed E-state index contributed by atoms with van der Waals surface area (Å²) in [5.41, 5.74) is 5.48. The van der Waals surface area contributed by atoms with Crippen molar-refractivity contribution in [3.63, 3.8) is 0 Å². The fraction of sp³-hybridized carbons (Fsp3) is 0.529. The Labute approximate surface area is 136 Å². The smallest absolute Gasteiger partial charge is 0.270 e. The predicted octanol–water partition coefficient (Wildman–Crippen LogP) is 0.912. The Morgan fingerprint density at radius 2 is 1.83 bits per heavy atom. The fourth-order valence-electron chi connectivity index (χ4n) is 3.73. The van der Waals surface area contributed by atoms with Crippen molar-refractivity contribution in [3.05, 3.63) is 29.2 Å². The van der Waals surface area contributed by atoms with E-state index in [4.69, 9.17) is 0 Å². The number of nitrogens with zero attached hydrogens (tertiary/aromatic N) is 5. The van der Waals surface area contributed by atoms with Gasteiger partial charge in [-0.15, -0.1) is 0 Å². The molecule has 0 saturated carbocycles. The Hall–Kier alpha value is -2.08. The third kappa shape index (κ3) is 2.28. The van der Waals surface area contributed by atoms with Crippen LogP contribution in [0.2, 0.25) is 0 Å². The number of fused-ring (bicyclic) bond motifs is 3. The number of rotatable bonds is 1. The summed E-state index contributed by atoms with van der Waals surface area (Å²) in [7, 11) is 6.07. The highest BCUT2D eigenvalue weighted by Crippen LogP contribution is 2.34. The molecule has 6 heteroatoms. The quantitative estimate of drug-likeness (QED) is 0.786. The summed E-state index contributed by atoms with van der Waals surface area (Å²) in [5, 5.41) is 4.60. The van der Waals surface area contributed by atoms with Crippen LogP contribution in [0.1, 0.15) is 21.7 Å². The van der Waals surface area contributed by atoms with Crippen molar-refractivity contribution in [3.8, 4) is 11.3 Å². The fourth-order valence-corrected chi connectivity index (χ4v) is 3.73. The topological polar surface area (TPSA) is 46.3 Å². The van der Waals surface area contributed by atoms with Crippen LogP contribution in [-0.4, -0.2) is 63.3 Å². The number of likely N-dealkylation sites (N-methyl/N-ethyl adjacent to an activating group) is 1. The number of hydrogen-bond donors (Lipinski definition) is 0. The minimum atomic E-state index is 0.146. The van der Waals surface area contributed by atoms with Crippen LogP contribution in [0.5, 0.6) is 0 Å². The number of carbonyl (C=O) groups is 1. The predicted molar refractivity (Wildman–Crippen MR) is 88.4 cm³/mol. The maximum atomic E-state index is 12.9. The molecule has 2 aromatic heterocycles. The van der Waals surface area contributed by atoms with Crippen LogP contribution < -0.4 is 0 Å². The lowest BCUT2D eigenvalue weighted by atomic mass is 9.96. The average molecular weight is 313 g/mol. The highest BCUT2D eigenvalue weighted by Gasteiger charge is 2.28. The molecule has 2 aromatic rings. The largest absolute Gasteiger partial charge is 0.343 e. The van der Waals surface area contributed by atoms with Crippen LogP contribution in [0, 0.1) is 0 Å². The van der Waals surface area contributed by atoms with Gasteiger partial charge in [0.05, 0.1) is 5.69 Å². The summed E-state index contributed by atoms with van der Waals surface area (Å²) in [6.45, 7) is 3.50. The van der Waals surface area contributed by atoms with Crippen molar-refractivity contribution in [1.29, 1.82) is 0 Å². The van der Waals surface area contributed by atoms with Crippen LogP contribution in [0.25, 0.3) is 11.3 Å². The molecule has 2 aliphatic rings. The molecule has 0 spiro atoms. The number of aryl methyl sites for hydroxylation is 2. The van der Waals surface area contributed by atoms with E-state index in [9.17, 15) is 4.79 Å². The SMILES string of the molecule is CN1CCN(C(=O)c2cc3c(n2C)CCc2cn(C)nc2-3)CC1. The van der Waals surface area contributed by atoms with E-state index in [0.717, 1.165) is 56.0 Å². The summed E-state index contributed by atoms with van der Waals surface area (Å²) in [4.78, 5) is 17.2. The molecule has 4 rings (SSSR count). The molecule has 0 N–H and O–H groups in total. The van der Waals surface area contributed by atoms with Crippen molar-refractivity contribution in [2.24, 2.45) is 14.1 Å². The molecular formula is C17H23N5O. The monoisotopic (exact) mass is 313 g/mol. The second-order valence-corrected chi connectivity index (χ2v) is 6.72. The average Bonchev–Trinajstić information content (AvgIpc) is 3.07. The van der Waals surface area contributed by atoms with Gasteiger partial charge in [-0.05, 0) is 31.5 Å². The highest BCUT2D eigenvalue weighted by atomic mass is 16.2. The summed E-state index contributed by atoms with van der Waals surface area (Å²) in [6, 6.07) is 2.04. The lowest BCUT2D eigenvalue weighted by Gasteiger charge is -2.32.